The summed E-state index contributed by atoms with van der Waals surface area (Å²) in [6, 6.07) is 6.66. The zero-order valence-electron chi connectivity index (χ0n) is 16.1. The molecule has 1 aromatic carbocycles. The number of hydrogen-bond donors (Lipinski definition) is 0. The van der Waals surface area contributed by atoms with Gasteiger partial charge in [0.05, 0.1) is 11.4 Å². The van der Waals surface area contributed by atoms with Gasteiger partial charge < -0.3 is 4.90 Å². The molecule has 2 atom stereocenters. The van der Waals surface area contributed by atoms with Crippen molar-refractivity contribution in [2.24, 2.45) is 5.92 Å². The van der Waals surface area contributed by atoms with Crippen LogP contribution in [0, 0.1) is 19.8 Å². The molecule has 0 N–H and O–H groups in total. The summed E-state index contributed by atoms with van der Waals surface area (Å²) in [4.78, 5) is 15.1. The van der Waals surface area contributed by atoms with E-state index in [1.54, 1.807) is 4.68 Å². The fourth-order valence-corrected chi connectivity index (χ4v) is 5.38. The third kappa shape index (κ3) is 3.88. The first-order valence-electron chi connectivity index (χ1n) is 9.92. The third-order valence-electron chi connectivity index (χ3n) is 5.91. The minimum absolute atomic E-state index is 0.228. The van der Waals surface area contributed by atoms with Gasteiger partial charge in [0, 0.05) is 12.6 Å². The van der Waals surface area contributed by atoms with Crippen LogP contribution in [0.15, 0.2) is 23.4 Å². The molecule has 1 saturated carbocycles. The van der Waals surface area contributed by atoms with Gasteiger partial charge in [-0.05, 0) is 67.5 Å². The predicted octanol–water partition coefficient (Wildman–Crippen LogP) is 3.55. The number of fused-ring (bicyclic) bond motifs is 1. The second-order valence-corrected chi connectivity index (χ2v) is 8.74. The minimum atomic E-state index is 0.228. The van der Waals surface area contributed by atoms with Gasteiger partial charge in [-0.25, -0.2) is 0 Å². The first kappa shape index (κ1) is 18.5. The van der Waals surface area contributed by atoms with E-state index in [0.29, 0.717) is 22.9 Å². The average molecular weight is 386 g/mol. The van der Waals surface area contributed by atoms with Gasteiger partial charge in [-0.1, -0.05) is 42.3 Å². The normalized spacial score (nSPS) is 22.5. The number of nitrogens with zero attached hydrogens (tertiary/aromatic N) is 5. The Bertz CT molecular complexity index is 818. The van der Waals surface area contributed by atoms with Crippen LogP contribution < -0.4 is 0 Å². The van der Waals surface area contributed by atoms with E-state index in [-0.39, 0.29) is 5.91 Å². The Hall–Kier alpha value is -1.89. The van der Waals surface area contributed by atoms with E-state index in [4.69, 9.17) is 0 Å². The van der Waals surface area contributed by atoms with Crippen LogP contribution in [0.2, 0.25) is 0 Å². The maximum atomic E-state index is 12.9. The second-order valence-electron chi connectivity index (χ2n) is 7.79. The molecule has 2 aromatic rings. The molecule has 1 aliphatic heterocycles. The lowest BCUT2D eigenvalue weighted by atomic mass is 9.78. The Morgan fingerprint density at radius 1 is 1.19 bits per heavy atom. The van der Waals surface area contributed by atoms with Crippen molar-refractivity contribution in [3.8, 4) is 5.69 Å². The van der Waals surface area contributed by atoms with Crippen molar-refractivity contribution in [1.29, 1.82) is 0 Å². The van der Waals surface area contributed by atoms with Crippen molar-refractivity contribution in [2.45, 2.75) is 63.6 Å². The summed E-state index contributed by atoms with van der Waals surface area (Å²) in [6.07, 6.45) is 7.45. The lowest BCUT2D eigenvalue weighted by Gasteiger charge is -2.44. The number of aryl methyl sites for hydroxylation is 2. The summed E-state index contributed by atoms with van der Waals surface area (Å²) in [5, 5.41) is 12.8. The predicted molar refractivity (Wildman–Crippen MR) is 106 cm³/mol. The van der Waals surface area contributed by atoms with Crippen LogP contribution in [0.5, 0.6) is 0 Å². The van der Waals surface area contributed by atoms with Crippen molar-refractivity contribution in [1.82, 2.24) is 25.1 Å². The Morgan fingerprint density at radius 3 is 2.85 bits per heavy atom. The molecule has 7 heteroatoms. The standard InChI is InChI=1S/C20H27N5OS/c1-14-9-10-17(15(2)12-14)25-20(21-22-23-25)27-13-19(26)24-11-5-7-16-6-3-4-8-18(16)24/h9-10,12,16,18H,3-8,11,13H2,1-2H3/t16-,18+/m1/s1. The topological polar surface area (TPSA) is 63.9 Å². The van der Waals surface area contributed by atoms with Crippen molar-refractivity contribution in [2.75, 3.05) is 12.3 Å². The quantitative estimate of drug-likeness (QED) is 0.753. The molecule has 4 rings (SSSR count). The number of aromatic nitrogens is 4. The van der Waals surface area contributed by atoms with E-state index in [1.807, 2.05) is 6.07 Å². The fourth-order valence-electron chi connectivity index (χ4n) is 4.61. The van der Waals surface area contributed by atoms with Gasteiger partial charge in [0.1, 0.15) is 0 Å². The van der Waals surface area contributed by atoms with Crippen molar-refractivity contribution in [3.05, 3.63) is 29.3 Å². The summed E-state index contributed by atoms with van der Waals surface area (Å²) in [5.74, 6) is 1.34. The molecular formula is C20H27N5OS. The van der Waals surface area contributed by atoms with E-state index in [1.165, 1.54) is 49.4 Å². The lowest BCUT2D eigenvalue weighted by Crippen LogP contribution is -2.50. The molecule has 2 heterocycles. The van der Waals surface area contributed by atoms with Crippen molar-refractivity contribution >= 4 is 17.7 Å². The van der Waals surface area contributed by atoms with Crippen LogP contribution in [0.1, 0.15) is 49.7 Å². The number of hydrogen-bond acceptors (Lipinski definition) is 5. The third-order valence-corrected chi connectivity index (χ3v) is 6.81. The molecule has 0 spiro atoms. The summed E-state index contributed by atoms with van der Waals surface area (Å²) >= 11 is 1.44. The Morgan fingerprint density at radius 2 is 2.00 bits per heavy atom. The molecule has 1 saturated heterocycles. The highest BCUT2D eigenvalue weighted by Crippen LogP contribution is 2.35. The number of piperidine rings is 1. The lowest BCUT2D eigenvalue weighted by molar-refractivity contribution is -0.134. The van der Waals surface area contributed by atoms with Gasteiger partial charge in [0.25, 0.3) is 0 Å². The number of tetrazole rings is 1. The molecule has 2 aliphatic rings. The summed E-state index contributed by atoms with van der Waals surface area (Å²) in [6.45, 7) is 5.03. The van der Waals surface area contributed by atoms with Crippen molar-refractivity contribution < 1.29 is 4.79 Å². The molecule has 6 nitrogen and oxygen atoms in total. The van der Waals surface area contributed by atoms with E-state index in [9.17, 15) is 4.79 Å². The SMILES string of the molecule is Cc1ccc(-n2nnnc2SCC(=O)N2CCC[C@H]3CCCC[C@@H]32)c(C)c1. The molecule has 27 heavy (non-hydrogen) atoms. The van der Waals surface area contributed by atoms with Gasteiger partial charge in [-0.15, -0.1) is 5.10 Å². The molecule has 2 fully saturated rings. The summed E-state index contributed by atoms with van der Waals surface area (Å²) < 4.78 is 1.74. The number of thioether (sulfide) groups is 1. The minimum Gasteiger partial charge on any atom is -0.339 e. The van der Waals surface area contributed by atoms with Gasteiger partial charge in [0.2, 0.25) is 11.1 Å². The molecule has 144 valence electrons. The van der Waals surface area contributed by atoms with Gasteiger partial charge in [0.15, 0.2) is 0 Å². The molecule has 1 aromatic heterocycles. The summed E-state index contributed by atoms with van der Waals surface area (Å²) in [7, 11) is 0. The molecule has 1 amide bonds. The van der Waals surface area contributed by atoms with Crippen LogP contribution in [0.25, 0.3) is 5.69 Å². The maximum absolute atomic E-state index is 12.9. The zero-order chi connectivity index (χ0) is 18.8. The highest BCUT2D eigenvalue weighted by atomic mass is 32.2. The van der Waals surface area contributed by atoms with E-state index < -0.39 is 0 Å². The number of carbonyl (C=O) groups is 1. The van der Waals surface area contributed by atoms with E-state index in [0.717, 1.165) is 24.2 Å². The average Bonchev–Trinajstić information content (AvgIpc) is 3.14. The monoisotopic (exact) mass is 385 g/mol. The molecule has 1 aliphatic carbocycles. The first-order chi connectivity index (χ1) is 13.1. The van der Waals surface area contributed by atoms with Crippen LogP contribution in [0.4, 0.5) is 0 Å². The fraction of sp³-hybridized carbons (Fsp3) is 0.600. The van der Waals surface area contributed by atoms with Crippen LogP contribution in [-0.4, -0.2) is 49.4 Å². The highest BCUT2D eigenvalue weighted by Gasteiger charge is 2.35. The highest BCUT2D eigenvalue weighted by molar-refractivity contribution is 7.99. The Kier molecular flexibility index (Phi) is 5.48. The zero-order valence-corrected chi connectivity index (χ0v) is 16.9. The second kappa shape index (κ2) is 8.00. The largest absolute Gasteiger partial charge is 0.339 e. The van der Waals surface area contributed by atoms with Crippen LogP contribution >= 0.6 is 11.8 Å². The smallest absolute Gasteiger partial charge is 0.233 e. The van der Waals surface area contributed by atoms with Gasteiger partial charge in [-0.2, -0.15) is 4.68 Å². The Labute approximate surface area is 164 Å². The van der Waals surface area contributed by atoms with Crippen molar-refractivity contribution in [3.63, 3.8) is 0 Å². The molecular weight excluding hydrogens is 358 g/mol. The van der Waals surface area contributed by atoms with Crippen LogP contribution in [0.3, 0.4) is 0 Å². The molecule has 0 radical (unpaired) electrons. The number of amides is 1. The summed E-state index contributed by atoms with van der Waals surface area (Å²) in [5.41, 5.74) is 3.29. The van der Waals surface area contributed by atoms with E-state index >= 15 is 0 Å². The number of carbonyl (C=O) groups excluding carboxylic acids is 1. The number of likely N-dealkylation sites (tertiary alicyclic amines) is 1. The van der Waals surface area contributed by atoms with Gasteiger partial charge in [-0.3, -0.25) is 4.79 Å². The van der Waals surface area contributed by atoms with E-state index in [2.05, 4.69) is 46.4 Å². The molecule has 0 unspecified atom stereocenters. The molecule has 0 bridgehead atoms. The Balaban J connectivity index is 1.45. The van der Waals surface area contributed by atoms with Crippen LogP contribution in [-0.2, 0) is 4.79 Å². The number of rotatable bonds is 4. The van der Waals surface area contributed by atoms with Gasteiger partial charge >= 0.3 is 0 Å². The number of benzene rings is 1. The maximum Gasteiger partial charge on any atom is 0.233 e. The first-order valence-corrected chi connectivity index (χ1v) is 10.9.